The van der Waals surface area contributed by atoms with Crippen molar-refractivity contribution in [3.63, 3.8) is 0 Å². The van der Waals surface area contributed by atoms with Gasteiger partial charge in [-0.2, -0.15) is 0 Å². The van der Waals surface area contributed by atoms with Crippen LogP contribution in [0.2, 0.25) is 0 Å². The number of nitrogens with two attached hydrogens (primary N) is 1. The summed E-state index contributed by atoms with van der Waals surface area (Å²) in [5.41, 5.74) is 3.04. The molecule has 0 aromatic heterocycles. The summed E-state index contributed by atoms with van der Waals surface area (Å²) in [5.74, 6) is 5.56. The third-order valence-corrected chi connectivity index (χ3v) is 5.76. The largest absolute Gasteiger partial charge is 0.271 e. The molecule has 1 aromatic carbocycles. The third-order valence-electron chi connectivity index (χ3n) is 3.43. The first-order valence-corrected chi connectivity index (χ1v) is 8.64. The molecule has 0 saturated carbocycles. The van der Waals surface area contributed by atoms with Gasteiger partial charge in [0, 0.05) is 16.1 Å². The molecule has 0 amide bonds. The number of hydrazine groups is 1. The van der Waals surface area contributed by atoms with Crippen molar-refractivity contribution in [1.82, 2.24) is 5.43 Å². The Morgan fingerprint density at radius 2 is 2.26 bits per heavy atom. The lowest BCUT2D eigenvalue weighted by molar-refractivity contribution is 0.408. The molecule has 1 saturated heterocycles. The minimum Gasteiger partial charge on any atom is -0.271 e. The van der Waals surface area contributed by atoms with Crippen LogP contribution >= 0.6 is 15.9 Å². The van der Waals surface area contributed by atoms with E-state index < -0.39 is 9.84 Å². The van der Waals surface area contributed by atoms with Gasteiger partial charge in [-0.05, 0) is 37.0 Å². The van der Waals surface area contributed by atoms with E-state index in [-0.39, 0.29) is 29.3 Å². The van der Waals surface area contributed by atoms with Crippen LogP contribution in [-0.2, 0) is 9.84 Å². The molecule has 1 heterocycles. The second kappa shape index (κ2) is 5.87. The van der Waals surface area contributed by atoms with E-state index in [2.05, 4.69) is 21.4 Å². The van der Waals surface area contributed by atoms with Gasteiger partial charge in [0.2, 0.25) is 0 Å². The minimum atomic E-state index is -2.92. The van der Waals surface area contributed by atoms with Gasteiger partial charge < -0.3 is 0 Å². The number of sulfone groups is 1. The normalized spacial score (nSPS) is 23.4. The maximum Gasteiger partial charge on any atom is 0.150 e. The van der Waals surface area contributed by atoms with Gasteiger partial charge in [0.15, 0.2) is 9.84 Å². The van der Waals surface area contributed by atoms with Gasteiger partial charge in [-0.3, -0.25) is 11.3 Å². The first-order chi connectivity index (χ1) is 8.91. The molecule has 2 rings (SSSR count). The van der Waals surface area contributed by atoms with Crippen LogP contribution in [-0.4, -0.2) is 19.9 Å². The van der Waals surface area contributed by atoms with Gasteiger partial charge in [-0.1, -0.05) is 15.9 Å². The highest BCUT2D eigenvalue weighted by atomic mass is 79.9. The van der Waals surface area contributed by atoms with Crippen LogP contribution in [0.3, 0.4) is 0 Å². The SMILES string of the molecule is NNC(CC1CCS(=O)(=O)C1)c1cc(Br)ccc1F. The molecule has 3 N–H and O–H groups in total. The number of halogens is 2. The van der Waals surface area contributed by atoms with E-state index in [1.807, 2.05) is 0 Å². The summed E-state index contributed by atoms with van der Waals surface area (Å²) in [4.78, 5) is 0. The summed E-state index contributed by atoms with van der Waals surface area (Å²) < 4.78 is 37.4. The highest BCUT2D eigenvalue weighted by molar-refractivity contribution is 9.10. The maximum absolute atomic E-state index is 13.8. The van der Waals surface area contributed by atoms with E-state index in [0.29, 0.717) is 18.4 Å². The van der Waals surface area contributed by atoms with Gasteiger partial charge in [0.1, 0.15) is 5.82 Å². The van der Waals surface area contributed by atoms with E-state index in [4.69, 9.17) is 5.84 Å². The Morgan fingerprint density at radius 1 is 1.53 bits per heavy atom. The molecule has 106 valence electrons. The van der Waals surface area contributed by atoms with Crippen molar-refractivity contribution >= 4 is 25.8 Å². The Kier molecular flexibility index (Phi) is 4.60. The van der Waals surface area contributed by atoms with Crippen molar-refractivity contribution in [3.05, 3.63) is 34.1 Å². The fraction of sp³-hybridized carbons (Fsp3) is 0.500. The van der Waals surface area contributed by atoms with E-state index >= 15 is 0 Å². The number of benzene rings is 1. The van der Waals surface area contributed by atoms with E-state index in [0.717, 1.165) is 4.47 Å². The molecule has 1 fully saturated rings. The zero-order valence-electron chi connectivity index (χ0n) is 10.3. The van der Waals surface area contributed by atoms with Crippen LogP contribution in [0.1, 0.15) is 24.4 Å². The Morgan fingerprint density at radius 3 is 2.84 bits per heavy atom. The molecule has 0 radical (unpaired) electrons. The molecule has 2 atom stereocenters. The lowest BCUT2D eigenvalue weighted by Crippen LogP contribution is -2.30. The molecule has 4 nitrogen and oxygen atoms in total. The first kappa shape index (κ1) is 14.9. The Hall–Kier alpha value is -0.500. The molecule has 0 aliphatic carbocycles. The van der Waals surface area contributed by atoms with E-state index in [9.17, 15) is 12.8 Å². The lowest BCUT2D eigenvalue weighted by Gasteiger charge is -2.20. The fourth-order valence-electron chi connectivity index (χ4n) is 2.46. The summed E-state index contributed by atoms with van der Waals surface area (Å²) in [7, 11) is -2.92. The summed E-state index contributed by atoms with van der Waals surface area (Å²) in [6.45, 7) is 0. The van der Waals surface area contributed by atoms with Gasteiger partial charge in [0.05, 0.1) is 11.5 Å². The topological polar surface area (TPSA) is 72.2 Å². The highest BCUT2D eigenvalue weighted by Crippen LogP contribution is 2.30. The predicted octanol–water partition coefficient (Wildman–Crippen LogP) is 1.92. The van der Waals surface area contributed by atoms with E-state index in [1.54, 1.807) is 12.1 Å². The van der Waals surface area contributed by atoms with Gasteiger partial charge in [-0.15, -0.1) is 0 Å². The van der Waals surface area contributed by atoms with Crippen molar-refractivity contribution in [3.8, 4) is 0 Å². The van der Waals surface area contributed by atoms with Crippen molar-refractivity contribution in [2.45, 2.75) is 18.9 Å². The Labute approximate surface area is 120 Å². The summed E-state index contributed by atoms with van der Waals surface area (Å²) >= 11 is 3.29. The molecule has 19 heavy (non-hydrogen) atoms. The third kappa shape index (κ3) is 3.75. The van der Waals surface area contributed by atoms with Crippen LogP contribution in [0.4, 0.5) is 4.39 Å². The Bertz CT molecular complexity index is 565. The number of rotatable bonds is 4. The smallest absolute Gasteiger partial charge is 0.150 e. The molecule has 1 aromatic rings. The lowest BCUT2D eigenvalue weighted by atomic mass is 9.94. The van der Waals surface area contributed by atoms with Crippen LogP contribution in [0, 0.1) is 11.7 Å². The van der Waals surface area contributed by atoms with Gasteiger partial charge >= 0.3 is 0 Å². The minimum absolute atomic E-state index is 0.0319. The Balaban J connectivity index is 2.14. The van der Waals surface area contributed by atoms with E-state index in [1.165, 1.54) is 6.07 Å². The number of hydrogen-bond donors (Lipinski definition) is 2. The standard InChI is InChI=1S/C12H16BrFN2O2S/c13-9-1-2-11(14)10(6-9)12(16-15)5-8-3-4-19(17,18)7-8/h1-2,6,8,12,16H,3-5,7,15H2. The number of hydrogen-bond acceptors (Lipinski definition) is 4. The molecule has 1 aliphatic rings. The second-order valence-corrected chi connectivity index (χ2v) is 8.03. The van der Waals surface area contributed by atoms with Crippen LogP contribution in [0.5, 0.6) is 0 Å². The van der Waals surface area contributed by atoms with Crippen LogP contribution in [0.15, 0.2) is 22.7 Å². The molecular weight excluding hydrogens is 335 g/mol. The second-order valence-electron chi connectivity index (χ2n) is 4.89. The molecule has 2 unspecified atom stereocenters. The van der Waals surface area contributed by atoms with Crippen molar-refractivity contribution < 1.29 is 12.8 Å². The van der Waals surface area contributed by atoms with Crippen LogP contribution < -0.4 is 11.3 Å². The molecule has 1 aliphatic heterocycles. The van der Waals surface area contributed by atoms with Crippen molar-refractivity contribution in [2.24, 2.45) is 11.8 Å². The summed E-state index contributed by atoms with van der Waals surface area (Å²) in [6.07, 6.45) is 1.14. The number of nitrogens with one attached hydrogen (secondary N) is 1. The molecule has 0 bridgehead atoms. The highest BCUT2D eigenvalue weighted by Gasteiger charge is 2.30. The average molecular weight is 351 g/mol. The monoisotopic (exact) mass is 350 g/mol. The van der Waals surface area contributed by atoms with Crippen molar-refractivity contribution in [1.29, 1.82) is 0 Å². The zero-order chi connectivity index (χ0) is 14.0. The summed E-state index contributed by atoms with van der Waals surface area (Å²) in [5, 5.41) is 0. The quantitative estimate of drug-likeness (QED) is 0.642. The molecule has 7 heteroatoms. The molecule has 0 spiro atoms. The van der Waals surface area contributed by atoms with Crippen LogP contribution in [0.25, 0.3) is 0 Å². The van der Waals surface area contributed by atoms with Crippen molar-refractivity contribution in [2.75, 3.05) is 11.5 Å². The van der Waals surface area contributed by atoms with Gasteiger partial charge in [-0.25, -0.2) is 12.8 Å². The maximum atomic E-state index is 13.8. The summed E-state index contributed by atoms with van der Waals surface area (Å²) in [6, 6.07) is 4.28. The van der Waals surface area contributed by atoms with Gasteiger partial charge in [0.25, 0.3) is 0 Å². The zero-order valence-corrected chi connectivity index (χ0v) is 12.7. The fourth-order valence-corrected chi connectivity index (χ4v) is 4.72. The predicted molar refractivity (Wildman–Crippen MR) is 75.5 cm³/mol. The first-order valence-electron chi connectivity index (χ1n) is 6.03. The molecular formula is C12H16BrFN2O2S. The average Bonchev–Trinajstić information content (AvgIpc) is 2.69.